The maximum atomic E-state index is 9.69. The molecule has 0 amide bonds. The van der Waals surface area contributed by atoms with Gasteiger partial charge in [-0.25, -0.2) is 4.79 Å². The van der Waals surface area contributed by atoms with Crippen LogP contribution in [0.25, 0.3) is 0 Å². The zero-order chi connectivity index (χ0) is 3.58. The number of hydrogen-bond acceptors (Lipinski definition) is 1. The normalized spacial score (nSPS) is 5.20. The first-order chi connectivity index (χ1) is 1.73. The third-order valence-corrected chi connectivity index (χ3v) is 0. The van der Waals surface area contributed by atoms with Crippen LogP contribution in [-0.4, -0.2) is 6.29 Å². The monoisotopic (exact) mass is 130 g/mol. The summed E-state index contributed by atoms with van der Waals surface area (Å²) in [6.45, 7) is 0. The minimum absolute atomic E-state index is 0. The van der Waals surface area contributed by atoms with Gasteiger partial charge in [0.25, 0.3) is 0 Å². The minimum atomic E-state index is -2.83. The molecule has 0 aliphatic carbocycles. The van der Waals surface area contributed by atoms with Gasteiger partial charge in [-0.1, -0.05) is 0 Å². The number of carbonyl (C=O) groups is 1. The molecule has 4 heteroatoms. The first-order valence-corrected chi connectivity index (χ1v) is 0.582. The summed E-state index contributed by atoms with van der Waals surface area (Å²) in [5, 5.41) is 0. The Morgan fingerprint density at radius 1 is 1.40 bits per heavy atom. The molecule has 0 aliphatic rings. The fourth-order valence-electron chi connectivity index (χ4n) is 0. The summed E-state index contributed by atoms with van der Waals surface area (Å²) in [7, 11) is 0. The first-order valence-electron chi connectivity index (χ1n) is 0.582. The number of hydrogen-bond donors (Lipinski definition) is 0. The van der Waals surface area contributed by atoms with Gasteiger partial charge in [0.15, 0.2) is 0 Å². The molecule has 0 heterocycles. The van der Waals surface area contributed by atoms with Gasteiger partial charge in [-0.05, 0) is 0 Å². The van der Waals surface area contributed by atoms with Gasteiger partial charge >= 0.3 is 6.29 Å². The Hall–Kier alpha value is 0.153. The predicted molar refractivity (Wildman–Crippen MR) is 7.61 cm³/mol. The Bertz CT molecular complexity index is 32.6. The van der Waals surface area contributed by atoms with Crippen molar-refractivity contribution in [3.05, 3.63) is 0 Å². The van der Waals surface area contributed by atoms with E-state index < -0.39 is 6.29 Å². The molecule has 0 aromatic carbocycles. The van der Waals surface area contributed by atoms with Crippen molar-refractivity contribution in [3.8, 4) is 0 Å². The van der Waals surface area contributed by atoms with Crippen LogP contribution in [0.15, 0.2) is 0 Å². The Morgan fingerprint density at radius 3 is 1.40 bits per heavy atom. The summed E-state index contributed by atoms with van der Waals surface area (Å²) in [4.78, 5) is 8.11. The SMILES string of the molecule is O=C(F)F.[Zn]. The average molecular weight is 131 g/mol. The molecule has 0 atom stereocenters. The topological polar surface area (TPSA) is 17.1 Å². The summed E-state index contributed by atoms with van der Waals surface area (Å²) >= 11 is 0. The molecule has 0 spiro atoms. The minimum Gasteiger partial charge on any atom is -0.219 e. The Balaban J connectivity index is 0. The van der Waals surface area contributed by atoms with Crippen LogP contribution < -0.4 is 0 Å². The fraction of sp³-hybridized carbons (Fsp3) is 0. The summed E-state index contributed by atoms with van der Waals surface area (Å²) in [6, 6.07) is 0. The van der Waals surface area contributed by atoms with Crippen LogP contribution in [-0.2, 0) is 19.5 Å². The van der Waals surface area contributed by atoms with E-state index in [1.54, 1.807) is 0 Å². The van der Waals surface area contributed by atoms with Gasteiger partial charge in [0.2, 0.25) is 0 Å². The maximum absolute atomic E-state index is 9.69. The average Bonchev–Trinajstić information content (AvgIpc) is 0.811. The van der Waals surface area contributed by atoms with Crippen LogP contribution in [0.5, 0.6) is 0 Å². The van der Waals surface area contributed by atoms with Crippen LogP contribution in [0.3, 0.4) is 0 Å². The van der Waals surface area contributed by atoms with Gasteiger partial charge in [-0.3, -0.25) is 0 Å². The van der Waals surface area contributed by atoms with Gasteiger partial charge in [0.05, 0.1) is 0 Å². The Morgan fingerprint density at radius 2 is 1.40 bits per heavy atom. The molecule has 0 saturated carbocycles. The Kier molecular flexibility index (Phi) is 7.43. The summed E-state index contributed by atoms with van der Waals surface area (Å²) in [6.07, 6.45) is -2.83. The van der Waals surface area contributed by atoms with Crippen LogP contribution in [0.4, 0.5) is 13.6 Å². The molecule has 0 fully saturated rings. The van der Waals surface area contributed by atoms with Crippen LogP contribution in [0.1, 0.15) is 0 Å². The summed E-state index contributed by atoms with van der Waals surface area (Å²) in [5.41, 5.74) is 0. The van der Waals surface area contributed by atoms with Crippen LogP contribution >= 0.6 is 0 Å². The predicted octanol–water partition coefficient (Wildman–Crippen LogP) is 1.04. The van der Waals surface area contributed by atoms with Crippen LogP contribution in [0.2, 0.25) is 0 Å². The second-order valence-electron chi connectivity index (χ2n) is 0.226. The molecule has 0 aliphatic heterocycles. The molecule has 26 valence electrons. The molecule has 0 aromatic rings. The molecule has 0 bridgehead atoms. The van der Waals surface area contributed by atoms with E-state index in [4.69, 9.17) is 4.79 Å². The molecular formula is CF2OZn. The molecule has 5 heavy (non-hydrogen) atoms. The van der Waals surface area contributed by atoms with Crippen molar-refractivity contribution >= 4 is 6.29 Å². The Labute approximate surface area is 40.1 Å². The molecule has 0 unspecified atom stereocenters. The number of halogens is 2. The van der Waals surface area contributed by atoms with E-state index in [2.05, 4.69) is 0 Å². The number of carbonyl (C=O) groups excluding carboxylic acids is 1. The maximum Gasteiger partial charge on any atom is 0.483 e. The largest absolute Gasteiger partial charge is 0.483 e. The van der Waals surface area contributed by atoms with Gasteiger partial charge < -0.3 is 0 Å². The van der Waals surface area contributed by atoms with Crippen molar-refractivity contribution in [2.75, 3.05) is 0 Å². The van der Waals surface area contributed by atoms with E-state index in [0.717, 1.165) is 0 Å². The molecule has 0 saturated heterocycles. The van der Waals surface area contributed by atoms with E-state index in [0.29, 0.717) is 0 Å². The molecule has 1 nitrogen and oxygen atoms in total. The second-order valence-corrected chi connectivity index (χ2v) is 0.226. The molecule has 0 radical (unpaired) electrons. The van der Waals surface area contributed by atoms with E-state index in [1.807, 2.05) is 0 Å². The van der Waals surface area contributed by atoms with Crippen molar-refractivity contribution in [1.82, 2.24) is 0 Å². The van der Waals surface area contributed by atoms with Gasteiger partial charge in [-0.15, -0.1) is 8.78 Å². The molecule has 0 rings (SSSR count). The third kappa shape index (κ3) is 819. The van der Waals surface area contributed by atoms with Crippen molar-refractivity contribution in [3.63, 3.8) is 0 Å². The molecule has 0 N–H and O–H groups in total. The quantitative estimate of drug-likeness (QED) is 0.355. The van der Waals surface area contributed by atoms with Crippen molar-refractivity contribution < 1.29 is 33.1 Å². The van der Waals surface area contributed by atoms with Crippen molar-refractivity contribution in [1.29, 1.82) is 0 Å². The summed E-state index contributed by atoms with van der Waals surface area (Å²) < 4.78 is 19.4. The van der Waals surface area contributed by atoms with Crippen molar-refractivity contribution in [2.24, 2.45) is 0 Å². The number of rotatable bonds is 0. The van der Waals surface area contributed by atoms with E-state index in [-0.39, 0.29) is 19.5 Å². The molecular weight excluding hydrogens is 131 g/mol. The van der Waals surface area contributed by atoms with Gasteiger partial charge in [0, 0.05) is 19.5 Å². The third-order valence-electron chi connectivity index (χ3n) is 0. The zero-order valence-corrected chi connectivity index (χ0v) is 5.34. The van der Waals surface area contributed by atoms with Gasteiger partial charge in [-0.2, -0.15) is 0 Å². The van der Waals surface area contributed by atoms with Gasteiger partial charge in [0.1, 0.15) is 0 Å². The van der Waals surface area contributed by atoms with E-state index in [9.17, 15) is 8.78 Å². The second kappa shape index (κ2) is 4.15. The molecule has 0 aromatic heterocycles. The smallest absolute Gasteiger partial charge is 0.219 e. The van der Waals surface area contributed by atoms with Crippen molar-refractivity contribution in [2.45, 2.75) is 0 Å². The van der Waals surface area contributed by atoms with E-state index in [1.165, 1.54) is 0 Å². The van der Waals surface area contributed by atoms with Crippen LogP contribution in [0, 0.1) is 0 Å². The fourth-order valence-corrected chi connectivity index (χ4v) is 0. The first kappa shape index (κ1) is 8.94. The standard InChI is InChI=1S/CF2O.Zn/c2-1(3)4;. The summed E-state index contributed by atoms with van der Waals surface area (Å²) in [5.74, 6) is 0. The van der Waals surface area contributed by atoms with E-state index >= 15 is 0 Å². The zero-order valence-electron chi connectivity index (χ0n) is 2.37.